The van der Waals surface area contributed by atoms with E-state index in [0.717, 1.165) is 19.3 Å². The zero-order valence-corrected chi connectivity index (χ0v) is 14.8. The van der Waals surface area contributed by atoms with Crippen LogP contribution in [0.15, 0.2) is 0 Å². The largest absolute Gasteiger partial charge is 0.381 e. The molecule has 1 amide bonds. The second-order valence-corrected chi connectivity index (χ2v) is 7.16. The molecule has 0 aliphatic carbocycles. The molecule has 1 fully saturated rings. The fourth-order valence-corrected chi connectivity index (χ4v) is 4.03. The second kappa shape index (κ2) is 11.2. The third kappa shape index (κ3) is 7.23. The first-order chi connectivity index (χ1) is 10.0. The van der Waals surface area contributed by atoms with Gasteiger partial charge in [-0.25, -0.2) is 8.42 Å². The molecule has 22 heavy (non-hydrogen) atoms. The molecule has 0 aromatic rings. The number of carbonyl (C=O) groups is 1. The minimum Gasteiger partial charge on any atom is -0.381 e. The first-order valence-electron chi connectivity index (χ1n) is 7.55. The van der Waals surface area contributed by atoms with Crippen LogP contribution in [-0.2, 0) is 19.6 Å². The number of hydrogen-bond acceptors (Lipinski definition) is 5. The van der Waals surface area contributed by atoms with Crippen molar-refractivity contribution >= 4 is 28.3 Å². The molecule has 1 heterocycles. The van der Waals surface area contributed by atoms with Crippen molar-refractivity contribution in [1.29, 1.82) is 0 Å². The van der Waals surface area contributed by atoms with Gasteiger partial charge < -0.3 is 15.8 Å². The topological polar surface area (TPSA) is 102 Å². The highest BCUT2D eigenvalue weighted by molar-refractivity contribution is 7.89. The van der Waals surface area contributed by atoms with Crippen molar-refractivity contribution in [2.24, 2.45) is 5.73 Å². The van der Waals surface area contributed by atoms with Crippen molar-refractivity contribution in [3.63, 3.8) is 0 Å². The Morgan fingerprint density at radius 1 is 1.41 bits per heavy atom. The number of carbonyl (C=O) groups excluding carboxylic acids is 1. The Hall–Kier alpha value is -0.410. The molecule has 1 atom stereocenters. The van der Waals surface area contributed by atoms with Crippen LogP contribution >= 0.6 is 12.4 Å². The molecular formula is C13H28ClN3O4S. The van der Waals surface area contributed by atoms with Crippen molar-refractivity contribution in [3.05, 3.63) is 0 Å². The van der Waals surface area contributed by atoms with E-state index in [-0.39, 0.29) is 43.1 Å². The van der Waals surface area contributed by atoms with Crippen LogP contribution < -0.4 is 11.1 Å². The van der Waals surface area contributed by atoms with Gasteiger partial charge in [-0.15, -0.1) is 12.4 Å². The van der Waals surface area contributed by atoms with Crippen molar-refractivity contribution < 1.29 is 17.9 Å². The Bertz CT molecular complexity index is 420. The van der Waals surface area contributed by atoms with E-state index in [4.69, 9.17) is 10.5 Å². The molecule has 3 N–H and O–H groups in total. The van der Waals surface area contributed by atoms with Gasteiger partial charge in [0.25, 0.3) is 0 Å². The fourth-order valence-electron chi connectivity index (χ4n) is 2.42. The number of hydrogen-bond donors (Lipinski definition) is 2. The normalized spacial score (nSPS) is 19.5. The number of ether oxygens (including phenoxy) is 1. The third-order valence-corrected chi connectivity index (χ3v) is 5.40. The zero-order chi connectivity index (χ0) is 15.7. The SMILES string of the molecule is CCOCCS(=O)(=O)N1CCCCC1CNC(=O)CCN.Cl. The number of piperidine rings is 1. The molecule has 0 bridgehead atoms. The quantitative estimate of drug-likeness (QED) is 0.569. The molecule has 0 aromatic carbocycles. The molecule has 0 radical (unpaired) electrons. The van der Waals surface area contributed by atoms with E-state index in [1.54, 1.807) is 0 Å². The molecule has 0 aromatic heterocycles. The lowest BCUT2D eigenvalue weighted by atomic mass is 10.1. The summed E-state index contributed by atoms with van der Waals surface area (Å²) in [6, 6.07) is -0.160. The van der Waals surface area contributed by atoms with Crippen LogP contribution in [0.3, 0.4) is 0 Å². The number of nitrogens with one attached hydrogen (secondary N) is 1. The van der Waals surface area contributed by atoms with Crippen LogP contribution in [0, 0.1) is 0 Å². The first kappa shape index (κ1) is 21.6. The lowest BCUT2D eigenvalue weighted by molar-refractivity contribution is -0.121. The van der Waals surface area contributed by atoms with Crippen molar-refractivity contribution in [2.75, 3.05) is 38.6 Å². The molecule has 0 saturated carbocycles. The molecule has 0 spiro atoms. The van der Waals surface area contributed by atoms with Gasteiger partial charge in [-0.3, -0.25) is 4.79 Å². The number of rotatable bonds is 9. The first-order valence-corrected chi connectivity index (χ1v) is 9.16. The molecule has 132 valence electrons. The van der Waals surface area contributed by atoms with Crippen LogP contribution in [-0.4, -0.2) is 63.3 Å². The molecule has 1 aliphatic heterocycles. The summed E-state index contributed by atoms with van der Waals surface area (Å²) in [5.74, 6) is -0.136. The van der Waals surface area contributed by atoms with Crippen molar-refractivity contribution in [2.45, 2.75) is 38.6 Å². The van der Waals surface area contributed by atoms with Crippen LogP contribution in [0.25, 0.3) is 0 Å². The van der Waals surface area contributed by atoms with Gasteiger partial charge in [-0.2, -0.15) is 4.31 Å². The van der Waals surface area contributed by atoms with Crippen LogP contribution in [0.4, 0.5) is 0 Å². The minimum atomic E-state index is -3.33. The van der Waals surface area contributed by atoms with E-state index >= 15 is 0 Å². The van der Waals surface area contributed by atoms with E-state index in [1.165, 1.54) is 4.31 Å². The molecule has 1 rings (SSSR count). The fraction of sp³-hybridized carbons (Fsp3) is 0.923. The maximum absolute atomic E-state index is 12.4. The zero-order valence-electron chi connectivity index (χ0n) is 13.1. The summed E-state index contributed by atoms with van der Waals surface area (Å²) in [6.07, 6.45) is 2.89. The number of amides is 1. The molecule has 9 heteroatoms. The molecular weight excluding hydrogens is 330 g/mol. The summed E-state index contributed by atoms with van der Waals surface area (Å²) in [7, 11) is -3.33. The van der Waals surface area contributed by atoms with Gasteiger partial charge in [-0.05, 0) is 19.8 Å². The van der Waals surface area contributed by atoms with Gasteiger partial charge in [-0.1, -0.05) is 6.42 Å². The standard InChI is InChI=1S/C13H27N3O4S.ClH/c1-2-20-9-10-21(18,19)16-8-4-3-5-12(16)11-15-13(17)6-7-14;/h12H,2-11,14H2,1H3,(H,15,17);1H. The summed E-state index contributed by atoms with van der Waals surface area (Å²) in [4.78, 5) is 11.5. The minimum absolute atomic E-state index is 0. The van der Waals surface area contributed by atoms with E-state index < -0.39 is 10.0 Å². The van der Waals surface area contributed by atoms with E-state index in [0.29, 0.717) is 26.2 Å². The lowest BCUT2D eigenvalue weighted by Gasteiger charge is -2.34. The van der Waals surface area contributed by atoms with Gasteiger partial charge in [0.05, 0.1) is 12.4 Å². The average molecular weight is 358 g/mol. The van der Waals surface area contributed by atoms with Gasteiger partial charge in [0, 0.05) is 38.7 Å². The van der Waals surface area contributed by atoms with E-state index in [9.17, 15) is 13.2 Å². The second-order valence-electron chi connectivity index (χ2n) is 5.12. The maximum Gasteiger partial charge on any atom is 0.221 e. The predicted molar refractivity (Wildman–Crippen MR) is 88.6 cm³/mol. The summed E-state index contributed by atoms with van der Waals surface area (Å²) in [5, 5.41) is 2.77. The number of sulfonamides is 1. The van der Waals surface area contributed by atoms with Crippen LogP contribution in [0.1, 0.15) is 32.6 Å². The van der Waals surface area contributed by atoms with Crippen LogP contribution in [0.5, 0.6) is 0 Å². The third-order valence-electron chi connectivity index (χ3n) is 3.53. The Morgan fingerprint density at radius 2 is 2.14 bits per heavy atom. The van der Waals surface area contributed by atoms with Gasteiger partial charge in [0.15, 0.2) is 0 Å². The summed E-state index contributed by atoms with van der Waals surface area (Å²) in [5.41, 5.74) is 5.32. The Labute approximate surface area is 139 Å². The Balaban J connectivity index is 0.00000441. The number of halogens is 1. The number of nitrogens with two attached hydrogens (primary N) is 1. The molecule has 1 aliphatic rings. The maximum atomic E-state index is 12.4. The highest BCUT2D eigenvalue weighted by Gasteiger charge is 2.32. The lowest BCUT2D eigenvalue weighted by Crippen LogP contribution is -2.50. The summed E-state index contributed by atoms with van der Waals surface area (Å²) in [6.45, 7) is 3.73. The monoisotopic (exact) mass is 357 g/mol. The predicted octanol–water partition coefficient (Wildman–Crippen LogP) is 0.0940. The van der Waals surface area contributed by atoms with E-state index in [1.807, 2.05) is 6.92 Å². The van der Waals surface area contributed by atoms with Crippen molar-refractivity contribution in [3.8, 4) is 0 Å². The van der Waals surface area contributed by atoms with Crippen molar-refractivity contribution in [1.82, 2.24) is 9.62 Å². The van der Waals surface area contributed by atoms with Gasteiger partial charge >= 0.3 is 0 Å². The Kier molecular flexibility index (Phi) is 11.0. The molecule has 1 unspecified atom stereocenters. The molecule has 1 saturated heterocycles. The van der Waals surface area contributed by atoms with Gasteiger partial charge in [0.1, 0.15) is 0 Å². The van der Waals surface area contributed by atoms with Gasteiger partial charge in [0.2, 0.25) is 15.9 Å². The number of nitrogens with zero attached hydrogens (tertiary/aromatic N) is 1. The highest BCUT2D eigenvalue weighted by Crippen LogP contribution is 2.20. The average Bonchev–Trinajstić information content (AvgIpc) is 2.46. The summed E-state index contributed by atoms with van der Waals surface area (Å²) < 4.78 is 31.4. The Morgan fingerprint density at radius 3 is 2.77 bits per heavy atom. The molecule has 7 nitrogen and oxygen atoms in total. The smallest absolute Gasteiger partial charge is 0.221 e. The van der Waals surface area contributed by atoms with Crippen LogP contribution in [0.2, 0.25) is 0 Å². The highest BCUT2D eigenvalue weighted by atomic mass is 35.5. The van der Waals surface area contributed by atoms with E-state index in [2.05, 4.69) is 5.32 Å². The summed E-state index contributed by atoms with van der Waals surface area (Å²) >= 11 is 0.